The zero-order valence-electron chi connectivity index (χ0n) is 10.3. The second-order valence-corrected chi connectivity index (χ2v) is 4.73. The molecule has 0 saturated carbocycles. The van der Waals surface area contributed by atoms with Crippen molar-refractivity contribution in [3.05, 3.63) is 23.3 Å². The first-order chi connectivity index (χ1) is 8.02. The summed E-state index contributed by atoms with van der Waals surface area (Å²) in [4.78, 5) is 0. The van der Waals surface area contributed by atoms with Crippen LogP contribution in [0.15, 0.2) is 12.1 Å². The van der Waals surface area contributed by atoms with E-state index in [0.29, 0.717) is 23.6 Å². The van der Waals surface area contributed by atoms with Crippen molar-refractivity contribution in [3.8, 4) is 11.5 Å². The third kappa shape index (κ3) is 2.52. The Hall–Kier alpha value is -1.29. The van der Waals surface area contributed by atoms with Crippen molar-refractivity contribution in [1.29, 1.82) is 0 Å². The second kappa shape index (κ2) is 4.53. The largest absolute Gasteiger partial charge is 0.454 e. The van der Waals surface area contributed by atoms with Gasteiger partial charge >= 0.3 is 0 Å². The highest BCUT2D eigenvalue weighted by atomic mass is 19.1. The fourth-order valence-electron chi connectivity index (χ4n) is 2.04. The molecule has 0 saturated heterocycles. The zero-order chi connectivity index (χ0) is 12.5. The summed E-state index contributed by atoms with van der Waals surface area (Å²) in [5.41, 5.74) is 5.73. The number of alkyl halides is 1. The molecule has 0 radical (unpaired) electrons. The van der Waals surface area contributed by atoms with Crippen molar-refractivity contribution < 1.29 is 13.9 Å². The average Bonchev–Trinajstić information content (AvgIpc) is 2.70. The molecule has 1 aromatic rings. The van der Waals surface area contributed by atoms with Crippen LogP contribution in [-0.4, -0.2) is 13.3 Å². The van der Waals surface area contributed by atoms with Crippen LogP contribution in [0.5, 0.6) is 11.5 Å². The molecule has 2 rings (SSSR count). The van der Waals surface area contributed by atoms with Gasteiger partial charge in [-0.1, -0.05) is 0 Å². The maximum atomic E-state index is 14.1. The fraction of sp³-hybridized carbons (Fsp3) is 0.538. The molecule has 0 aliphatic carbocycles. The van der Waals surface area contributed by atoms with Crippen LogP contribution in [0.2, 0.25) is 0 Å². The first kappa shape index (κ1) is 12.2. The Labute approximate surface area is 101 Å². The predicted octanol–water partition coefficient (Wildman–Crippen LogP) is 2.51. The summed E-state index contributed by atoms with van der Waals surface area (Å²) in [7, 11) is 0. The van der Waals surface area contributed by atoms with Crippen molar-refractivity contribution in [3.63, 3.8) is 0 Å². The van der Waals surface area contributed by atoms with E-state index in [4.69, 9.17) is 15.2 Å². The lowest BCUT2D eigenvalue weighted by Crippen LogP contribution is -2.13. The molecule has 1 aromatic carbocycles. The molecular weight excluding hydrogens is 221 g/mol. The van der Waals surface area contributed by atoms with Gasteiger partial charge in [-0.2, -0.15) is 0 Å². The fourth-order valence-corrected chi connectivity index (χ4v) is 2.04. The number of hydrogen-bond acceptors (Lipinski definition) is 3. The molecular formula is C13H18FNO2. The van der Waals surface area contributed by atoms with Crippen LogP contribution < -0.4 is 15.2 Å². The third-order valence-electron chi connectivity index (χ3n) is 2.89. The Morgan fingerprint density at radius 2 is 1.94 bits per heavy atom. The topological polar surface area (TPSA) is 44.5 Å². The zero-order valence-corrected chi connectivity index (χ0v) is 10.3. The van der Waals surface area contributed by atoms with Crippen LogP contribution in [0.25, 0.3) is 0 Å². The van der Waals surface area contributed by atoms with Gasteiger partial charge in [-0.25, -0.2) is 4.39 Å². The van der Waals surface area contributed by atoms with Crippen molar-refractivity contribution in [1.82, 2.24) is 0 Å². The molecule has 1 aliphatic heterocycles. The highest BCUT2D eigenvalue weighted by Gasteiger charge is 2.26. The quantitative estimate of drug-likeness (QED) is 0.878. The van der Waals surface area contributed by atoms with Gasteiger partial charge < -0.3 is 15.2 Å². The number of halogens is 1. The SMILES string of the molecule is CC(C)(F)c1cc2c(cc1CCCN)OCO2. The highest BCUT2D eigenvalue weighted by molar-refractivity contribution is 5.50. The van der Waals surface area contributed by atoms with E-state index in [-0.39, 0.29) is 6.79 Å². The van der Waals surface area contributed by atoms with E-state index in [0.717, 1.165) is 18.4 Å². The molecule has 0 atom stereocenters. The van der Waals surface area contributed by atoms with Crippen LogP contribution in [-0.2, 0) is 12.1 Å². The number of nitrogens with two attached hydrogens (primary N) is 1. The highest BCUT2D eigenvalue weighted by Crippen LogP contribution is 2.39. The molecule has 0 spiro atoms. The number of fused-ring (bicyclic) bond motifs is 1. The van der Waals surface area contributed by atoms with Gasteiger partial charge in [-0.05, 0) is 56.5 Å². The number of rotatable bonds is 4. The summed E-state index contributed by atoms with van der Waals surface area (Å²) in [5, 5.41) is 0. The van der Waals surface area contributed by atoms with Crippen molar-refractivity contribution in [2.45, 2.75) is 32.4 Å². The molecule has 2 N–H and O–H groups in total. The van der Waals surface area contributed by atoms with E-state index in [2.05, 4.69) is 0 Å². The van der Waals surface area contributed by atoms with E-state index in [1.165, 1.54) is 0 Å². The standard InChI is InChI=1S/C13H18FNO2/c1-13(2,14)10-7-12-11(16-8-17-12)6-9(10)4-3-5-15/h6-7H,3-5,8,15H2,1-2H3. The van der Waals surface area contributed by atoms with Crippen molar-refractivity contribution in [2.75, 3.05) is 13.3 Å². The van der Waals surface area contributed by atoms with Crippen LogP contribution >= 0.6 is 0 Å². The molecule has 0 unspecified atom stereocenters. The van der Waals surface area contributed by atoms with Gasteiger partial charge in [0, 0.05) is 0 Å². The van der Waals surface area contributed by atoms with Gasteiger partial charge in [-0.3, -0.25) is 0 Å². The molecule has 94 valence electrons. The summed E-state index contributed by atoms with van der Waals surface area (Å²) in [6.07, 6.45) is 1.60. The second-order valence-electron chi connectivity index (χ2n) is 4.73. The summed E-state index contributed by atoms with van der Waals surface area (Å²) < 4.78 is 24.7. The van der Waals surface area contributed by atoms with Gasteiger partial charge in [0.25, 0.3) is 0 Å². The van der Waals surface area contributed by atoms with Crippen LogP contribution in [0.1, 0.15) is 31.4 Å². The lowest BCUT2D eigenvalue weighted by molar-refractivity contribution is 0.173. The van der Waals surface area contributed by atoms with Gasteiger partial charge in [-0.15, -0.1) is 0 Å². The molecule has 3 nitrogen and oxygen atoms in total. The molecule has 4 heteroatoms. The number of ether oxygens (including phenoxy) is 2. The Morgan fingerprint density at radius 3 is 2.53 bits per heavy atom. The Kier molecular flexibility index (Phi) is 3.24. The minimum atomic E-state index is -1.38. The van der Waals surface area contributed by atoms with Crippen molar-refractivity contribution >= 4 is 0 Å². The Morgan fingerprint density at radius 1 is 1.29 bits per heavy atom. The normalized spacial score (nSPS) is 14.1. The van der Waals surface area contributed by atoms with Gasteiger partial charge in [0.1, 0.15) is 5.67 Å². The smallest absolute Gasteiger partial charge is 0.231 e. The minimum Gasteiger partial charge on any atom is -0.454 e. The summed E-state index contributed by atoms with van der Waals surface area (Å²) >= 11 is 0. The van der Waals surface area contributed by atoms with Crippen LogP contribution in [0.3, 0.4) is 0 Å². The molecule has 0 bridgehead atoms. The van der Waals surface area contributed by atoms with Crippen molar-refractivity contribution in [2.24, 2.45) is 5.73 Å². The van der Waals surface area contributed by atoms with E-state index in [1.807, 2.05) is 6.07 Å². The summed E-state index contributed by atoms with van der Waals surface area (Å²) in [6, 6.07) is 3.61. The number of hydrogen-bond donors (Lipinski definition) is 1. The monoisotopic (exact) mass is 239 g/mol. The Bertz CT molecular complexity index is 413. The van der Waals surface area contributed by atoms with Gasteiger partial charge in [0.2, 0.25) is 6.79 Å². The maximum Gasteiger partial charge on any atom is 0.231 e. The lowest BCUT2D eigenvalue weighted by Gasteiger charge is -2.19. The molecule has 17 heavy (non-hydrogen) atoms. The number of benzene rings is 1. The molecule has 1 aliphatic rings. The van der Waals surface area contributed by atoms with E-state index >= 15 is 0 Å². The number of aryl methyl sites for hydroxylation is 1. The average molecular weight is 239 g/mol. The van der Waals surface area contributed by atoms with Gasteiger partial charge in [0.15, 0.2) is 11.5 Å². The van der Waals surface area contributed by atoms with E-state index in [9.17, 15) is 4.39 Å². The Balaban J connectivity index is 2.40. The summed E-state index contributed by atoms with van der Waals surface area (Å²) in [5.74, 6) is 1.33. The minimum absolute atomic E-state index is 0.210. The summed E-state index contributed by atoms with van der Waals surface area (Å²) in [6.45, 7) is 3.91. The maximum absolute atomic E-state index is 14.1. The van der Waals surface area contributed by atoms with E-state index < -0.39 is 5.67 Å². The predicted molar refractivity (Wildman–Crippen MR) is 64.1 cm³/mol. The third-order valence-corrected chi connectivity index (χ3v) is 2.89. The van der Waals surface area contributed by atoms with E-state index in [1.54, 1.807) is 19.9 Å². The molecule has 0 fully saturated rings. The van der Waals surface area contributed by atoms with Crippen LogP contribution in [0, 0.1) is 0 Å². The first-order valence-electron chi connectivity index (χ1n) is 5.84. The van der Waals surface area contributed by atoms with Gasteiger partial charge in [0.05, 0.1) is 0 Å². The lowest BCUT2D eigenvalue weighted by atomic mass is 9.91. The van der Waals surface area contributed by atoms with Crippen LogP contribution in [0.4, 0.5) is 4.39 Å². The first-order valence-corrected chi connectivity index (χ1v) is 5.84. The molecule has 0 aromatic heterocycles. The molecule has 0 amide bonds. The molecule has 1 heterocycles.